The van der Waals surface area contributed by atoms with Gasteiger partial charge in [-0.1, -0.05) is 0 Å². The summed E-state index contributed by atoms with van der Waals surface area (Å²) in [5.41, 5.74) is 1.21. The van der Waals surface area contributed by atoms with E-state index in [2.05, 4.69) is 20.4 Å². The molecular weight excluding hydrogens is 436 g/mol. The number of hydrogen-bond acceptors (Lipinski definition) is 8. The van der Waals surface area contributed by atoms with Crippen LogP contribution in [0.15, 0.2) is 42.9 Å². The van der Waals surface area contributed by atoms with Crippen molar-refractivity contribution >= 4 is 22.5 Å². The zero-order chi connectivity index (χ0) is 23.4. The number of aromatic nitrogens is 4. The van der Waals surface area contributed by atoms with Gasteiger partial charge in [-0.2, -0.15) is 5.10 Å². The summed E-state index contributed by atoms with van der Waals surface area (Å²) in [7, 11) is 2.55. The van der Waals surface area contributed by atoms with Gasteiger partial charge in [0.25, 0.3) is 0 Å². The van der Waals surface area contributed by atoms with Crippen LogP contribution in [0.5, 0.6) is 17.2 Å². The first-order valence-corrected chi connectivity index (χ1v) is 9.91. The van der Waals surface area contributed by atoms with Crippen molar-refractivity contribution in [3.05, 3.63) is 60.1 Å². The van der Waals surface area contributed by atoms with Crippen molar-refractivity contribution < 1.29 is 28.1 Å². The normalized spacial score (nSPS) is 10.9. The molecule has 0 radical (unpaired) electrons. The van der Waals surface area contributed by atoms with Gasteiger partial charge < -0.3 is 24.6 Å². The Kier molecular flexibility index (Phi) is 6.50. The van der Waals surface area contributed by atoms with E-state index in [1.54, 1.807) is 4.68 Å². The SMILES string of the molecule is COc1cc(OC)c(F)c(COc2cnc(Nc3ccc4nn(CCO)cc4c3)nc2)c1F. The Morgan fingerprint density at radius 3 is 2.36 bits per heavy atom. The fraction of sp³-hybridized carbons (Fsp3) is 0.227. The summed E-state index contributed by atoms with van der Waals surface area (Å²) < 4.78 is 45.9. The van der Waals surface area contributed by atoms with Gasteiger partial charge in [-0.25, -0.2) is 18.7 Å². The number of hydrogen-bond donors (Lipinski definition) is 2. The van der Waals surface area contributed by atoms with Crippen molar-refractivity contribution in [2.45, 2.75) is 13.2 Å². The lowest BCUT2D eigenvalue weighted by molar-refractivity contribution is 0.270. The van der Waals surface area contributed by atoms with Gasteiger partial charge in [-0.15, -0.1) is 0 Å². The molecule has 33 heavy (non-hydrogen) atoms. The summed E-state index contributed by atoms with van der Waals surface area (Å²) in [6.07, 6.45) is 4.61. The quantitative estimate of drug-likeness (QED) is 0.394. The monoisotopic (exact) mass is 457 g/mol. The Morgan fingerprint density at radius 1 is 1.03 bits per heavy atom. The number of ether oxygens (including phenoxy) is 3. The van der Waals surface area contributed by atoms with E-state index in [1.165, 1.54) is 26.6 Å². The van der Waals surface area contributed by atoms with Gasteiger partial charge in [-0.3, -0.25) is 4.68 Å². The summed E-state index contributed by atoms with van der Waals surface area (Å²) in [5.74, 6) is -1.50. The number of benzene rings is 2. The van der Waals surface area contributed by atoms with Crippen LogP contribution >= 0.6 is 0 Å². The van der Waals surface area contributed by atoms with E-state index in [-0.39, 0.29) is 29.4 Å². The molecule has 0 saturated heterocycles. The molecule has 0 spiro atoms. The second-order valence-corrected chi connectivity index (χ2v) is 6.93. The Bertz CT molecular complexity index is 1240. The number of aliphatic hydroxyl groups is 1. The Morgan fingerprint density at radius 2 is 1.73 bits per heavy atom. The molecule has 0 fully saturated rings. The largest absolute Gasteiger partial charge is 0.494 e. The minimum atomic E-state index is -0.868. The molecule has 172 valence electrons. The zero-order valence-electron chi connectivity index (χ0n) is 17.9. The topological polar surface area (TPSA) is 104 Å². The van der Waals surface area contributed by atoms with E-state index in [1.807, 2.05) is 24.4 Å². The van der Waals surface area contributed by atoms with Crippen LogP contribution in [0.4, 0.5) is 20.4 Å². The molecule has 4 rings (SSSR count). The van der Waals surface area contributed by atoms with Crippen LogP contribution in [0, 0.1) is 11.6 Å². The minimum Gasteiger partial charge on any atom is -0.494 e. The second-order valence-electron chi connectivity index (χ2n) is 6.93. The molecule has 11 heteroatoms. The lowest BCUT2D eigenvalue weighted by Gasteiger charge is -2.13. The number of nitrogens with zero attached hydrogens (tertiary/aromatic N) is 4. The third kappa shape index (κ3) is 4.77. The van der Waals surface area contributed by atoms with Crippen LogP contribution in [-0.4, -0.2) is 45.7 Å². The summed E-state index contributed by atoms with van der Waals surface area (Å²) in [6, 6.07) is 6.68. The number of nitrogens with one attached hydrogen (secondary N) is 1. The predicted octanol–water partition coefficient (Wildman–Crippen LogP) is 3.44. The molecule has 0 amide bonds. The van der Waals surface area contributed by atoms with Gasteiger partial charge in [0.15, 0.2) is 28.9 Å². The van der Waals surface area contributed by atoms with Crippen LogP contribution in [0.2, 0.25) is 0 Å². The molecule has 0 saturated carbocycles. The van der Waals surface area contributed by atoms with Crippen molar-refractivity contribution in [2.75, 3.05) is 26.1 Å². The molecule has 2 aromatic carbocycles. The van der Waals surface area contributed by atoms with Crippen molar-refractivity contribution in [3.8, 4) is 17.2 Å². The maximum atomic E-state index is 14.5. The molecule has 0 aliphatic carbocycles. The van der Waals surface area contributed by atoms with E-state index >= 15 is 0 Å². The second kappa shape index (κ2) is 9.65. The first-order valence-electron chi connectivity index (χ1n) is 9.91. The van der Waals surface area contributed by atoms with Gasteiger partial charge in [0.1, 0.15) is 6.61 Å². The molecule has 0 aliphatic rings. The van der Waals surface area contributed by atoms with E-state index in [0.717, 1.165) is 22.7 Å². The van der Waals surface area contributed by atoms with Crippen molar-refractivity contribution in [1.82, 2.24) is 19.7 Å². The van der Waals surface area contributed by atoms with Crippen molar-refractivity contribution in [2.24, 2.45) is 0 Å². The number of aliphatic hydroxyl groups excluding tert-OH is 1. The van der Waals surface area contributed by atoms with Gasteiger partial charge in [0.05, 0.1) is 50.8 Å². The summed E-state index contributed by atoms with van der Waals surface area (Å²) in [6.45, 7) is 0.0141. The molecule has 0 unspecified atom stereocenters. The highest BCUT2D eigenvalue weighted by molar-refractivity contribution is 5.82. The number of methoxy groups -OCH3 is 2. The van der Waals surface area contributed by atoms with Crippen LogP contribution in [-0.2, 0) is 13.2 Å². The molecule has 9 nitrogen and oxygen atoms in total. The van der Waals surface area contributed by atoms with Gasteiger partial charge in [0, 0.05) is 23.3 Å². The van der Waals surface area contributed by atoms with E-state index in [9.17, 15) is 8.78 Å². The average Bonchev–Trinajstić information content (AvgIpc) is 3.22. The number of anilines is 2. The highest BCUT2D eigenvalue weighted by atomic mass is 19.1. The van der Waals surface area contributed by atoms with Crippen molar-refractivity contribution in [1.29, 1.82) is 0 Å². The lowest BCUT2D eigenvalue weighted by Crippen LogP contribution is -2.06. The summed E-state index contributed by atoms with van der Waals surface area (Å²) in [5, 5.41) is 17.4. The van der Waals surface area contributed by atoms with Crippen LogP contribution < -0.4 is 19.5 Å². The molecule has 2 N–H and O–H groups in total. The van der Waals surface area contributed by atoms with E-state index in [4.69, 9.17) is 19.3 Å². The maximum absolute atomic E-state index is 14.5. The van der Waals surface area contributed by atoms with Crippen LogP contribution in [0.3, 0.4) is 0 Å². The average molecular weight is 457 g/mol. The molecular formula is C22H21F2N5O4. The number of fused-ring (bicyclic) bond motifs is 1. The molecule has 0 bridgehead atoms. The maximum Gasteiger partial charge on any atom is 0.227 e. The highest BCUT2D eigenvalue weighted by Crippen LogP contribution is 2.32. The lowest BCUT2D eigenvalue weighted by atomic mass is 10.1. The van der Waals surface area contributed by atoms with Gasteiger partial charge in [0.2, 0.25) is 5.95 Å². The predicted molar refractivity (Wildman–Crippen MR) is 116 cm³/mol. The summed E-state index contributed by atoms with van der Waals surface area (Å²) in [4.78, 5) is 8.35. The van der Waals surface area contributed by atoms with Crippen molar-refractivity contribution in [3.63, 3.8) is 0 Å². The van der Waals surface area contributed by atoms with Gasteiger partial charge >= 0.3 is 0 Å². The Labute approximate surface area is 187 Å². The fourth-order valence-electron chi connectivity index (χ4n) is 3.17. The van der Waals surface area contributed by atoms with E-state index < -0.39 is 18.2 Å². The number of rotatable bonds is 9. The molecule has 2 heterocycles. The molecule has 0 aliphatic heterocycles. The van der Waals surface area contributed by atoms with Gasteiger partial charge in [-0.05, 0) is 18.2 Å². The third-order valence-electron chi connectivity index (χ3n) is 4.81. The number of halogens is 2. The van der Waals surface area contributed by atoms with Crippen LogP contribution in [0.25, 0.3) is 10.9 Å². The standard InChI is InChI=1S/C22H21F2N5O4/c1-31-18-8-19(32-2)21(24)16(20(18)23)12-33-15-9-25-22(26-10-15)27-14-3-4-17-13(7-14)11-29(28-17)5-6-30/h3-4,7-11,30H,5-6,12H2,1-2H3,(H,25,26,27). The Balaban J connectivity index is 1.44. The molecule has 4 aromatic rings. The first kappa shape index (κ1) is 22.2. The fourth-order valence-corrected chi connectivity index (χ4v) is 3.17. The minimum absolute atomic E-state index is 0.00595. The highest BCUT2D eigenvalue weighted by Gasteiger charge is 2.20. The van der Waals surface area contributed by atoms with Crippen LogP contribution in [0.1, 0.15) is 5.56 Å². The molecule has 0 atom stereocenters. The Hall–Kier alpha value is -3.99. The smallest absolute Gasteiger partial charge is 0.227 e. The summed E-state index contributed by atoms with van der Waals surface area (Å²) >= 11 is 0. The third-order valence-corrected chi connectivity index (χ3v) is 4.81. The molecule has 2 aromatic heterocycles. The zero-order valence-corrected chi connectivity index (χ0v) is 17.9. The van der Waals surface area contributed by atoms with E-state index in [0.29, 0.717) is 12.5 Å². The first-order chi connectivity index (χ1) is 16.0.